The second-order valence-corrected chi connectivity index (χ2v) is 4.96. The second-order valence-electron chi connectivity index (χ2n) is 4.96. The van der Waals surface area contributed by atoms with Crippen LogP contribution in [-0.4, -0.2) is 24.5 Å². The highest BCUT2D eigenvalue weighted by Gasteiger charge is 2.04. The molecule has 2 heteroatoms. The van der Waals surface area contributed by atoms with E-state index in [2.05, 4.69) is 42.2 Å². The lowest BCUT2D eigenvalue weighted by Gasteiger charge is -2.21. The average Bonchev–Trinajstić information content (AvgIpc) is 2.40. The molecule has 0 atom stereocenters. The van der Waals surface area contributed by atoms with E-state index in [0.29, 0.717) is 0 Å². The van der Waals surface area contributed by atoms with Gasteiger partial charge in [-0.3, -0.25) is 4.90 Å². The normalized spacial score (nSPS) is 11.1. The van der Waals surface area contributed by atoms with Crippen molar-refractivity contribution in [2.45, 2.75) is 45.6 Å². The van der Waals surface area contributed by atoms with Crippen LogP contribution in [0.3, 0.4) is 0 Å². The Labute approximate surface area is 112 Å². The molecule has 0 aliphatic heterocycles. The van der Waals surface area contributed by atoms with Crippen molar-refractivity contribution >= 4 is 0 Å². The van der Waals surface area contributed by atoms with Gasteiger partial charge in [0.05, 0.1) is 0 Å². The molecule has 102 valence electrons. The van der Waals surface area contributed by atoms with Gasteiger partial charge in [0.2, 0.25) is 0 Å². The zero-order valence-corrected chi connectivity index (χ0v) is 11.8. The molecule has 0 saturated carbocycles. The summed E-state index contributed by atoms with van der Waals surface area (Å²) in [5.41, 5.74) is 7.08. The Kier molecular flexibility index (Phi) is 8.53. The van der Waals surface area contributed by atoms with Crippen molar-refractivity contribution in [2.24, 2.45) is 5.73 Å². The van der Waals surface area contributed by atoms with Gasteiger partial charge in [-0.05, 0) is 18.5 Å². The van der Waals surface area contributed by atoms with Crippen LogP contribution in [-0.2, 0) is 6.54 Å². The van der Waals surface area contributed by atoms with Gasteiger partial charge in [-0.15, -0.1) is 0 Å². The molecular weight excluding hydrogens is 220 g/mol. The van der Waals surface area contributed by atoms with Crippen LogP contribution >= 0.6 is 0 Å². The van der Waals surface area contributed by atoms with Crippen LogP contribution in [0, 0.1) is 0 Å². The molecule has 0 amide bonds. The summed E-state index contributed by atoms with van der Waals surface area (Å²) in [6.07, 6.45) is 6.71. The van der Waals surface area contributed by atoms with Gasteiger partial charge < -0.3 is 5.73 Å². The number of rotatable bonds is 10. The summed E-state index contributed by atoms with van der Waals surface area (Å²) < 4.78 is 0. The van der Waals surface area contributed by atoms with Crippen molar-refractivity contribution in [1.82, 2.24) is 4.90 Å². The first-order valence-corrected chi connectivity index (χ1v) is 7.33. The van der Waals surface area contributed by atoms with Gasteiger partial charge >= 0.3 is 0 Å². The third-order valence-corrected chi connectivity index (χ3v) is 3.27. The maximum atomic E-state index is 5.69. The lowest BCUT2D eigenvalue weighted by Crippen LogP contribution is -2.30. The molecule has 2 N–H and O–H groups in total. The van der Waals surface area contributed by atoms with E-state index >= 15 is 0 Å². The Morgan fingerprint density at radius 2 is 1.67 bits per heavy atom. The molecule has 0 aromatic heterocycles. The highest BCUT2D eigenvalue weighted by atomic mass is 15.1. The zero-order valence-electron chi connectivity index (χ0n) is 11.8. The molecule has 0 aliphatic carbocycles. The van der Waals surface area contributed by atoms with Crippen molar-refractivity contribution < 1.29 is 0 Å². The fourth-order valence-electron chi connectivity index (χ4n) is 2.23. The van der Waals surface area contributed by atoms with Crippen molar-refractivity contribution in [3.63, 3.8) is 0 Å². The summed E-state index contributed by atoms with van der Waals surface area (Å²) in [6, 6.07) is 10.7. The zero-order chi connectivity index (χ0) is 13.1. The van der Waals surface area contributed by atoms with Gasteiger partial charge in [0, 0.05) is 19.6 Å². The minimum Gasteiger partial charge on any atom is -0.329 e. The summed E-state index contributed by atoms with van der Waals surface area (Å²) in [5, 5.41) is 0. The summed E-state index contributed by atoms with van der Waals surface area (Å²) in [7, 11) is 0. The molecule has 1 aromatic carbocycles. The first-order chi connectivity index (χ1) is 8.86. The lowest BCUT2D eigenvalue weighted by molar-refractivity contribution is 0.266. The van der Waals surface area contributed by atoms with Crippen LogP contribution in [0.2, 0.25) is 0 Å². The number of hydrogen-bond donors (Lipinski definition) is 1. The number of nitrogens with two attached hydrogens (primary N) is 1. The van der Waals surface area contributed by atoms with E-state index in [1.54, 1.807) is 0 Å². The summed E-state index contributed by atoms with van der Waals surface area (Å²) >= 11 is 0. The third kappa shape index (κ3) is 6.77. The van der Waals surface area contributed by atoms with E-state index in [1.165, 1.54) is 44.2 Å². The van der Waals surface area contributed by atoms with E-state index in [4.69, 9.17) is 5.73 Å². The van der Waals surface area contributed by atoms with Crippen molar-refractivity contribution in [1.29, 1.82) is 0 Å². The molecular formula is C16H28N2. The molecule has 0 bridgehead atoms. The molecule has 0 aliphatic rings. The lowest BCUT2D eigenvalue weighted by atomic mass is 10.1. The minimum absolute atomic E-state index is 0.752. The third-order valence-electron chi connectivity index (χ3n) is 3.27. The summed E-state index contributed by atoms with van der Waals surface area (Å²) in [4.78, 5) is 2.47. The maximum Gasteiger partial charge on any atom is 0.0234 e. The van der Waals surface area contributed by atoms with E-state index in [1.807, 2.05) is 0 Å². The molecule has 2 nitrogen and oxygen atoms in total. The van der Waals surface area contributed by atoms with Crippen LogP contribution in [0.15, 0.2) is 30.3 Å². The van der Waals surface area contributed by atoms with Crippen LogP contribution in [0.25, 0.3) is 0 Å². The minimum atomic E-state index is 0.752. The predicted octanol–water partition coefficient (Wildman–Crippen LogP) is 3.42. The van der Waals surface area contributed by atoms with Gasteiger partial charge in [0.15, 0.2) is 0 Å². The number of unbranched alkanes of at least 4 members (excludes halogenated alkanes) is 4. The first-order valence-electron chi connectivity index (χ1n) is 7.33. The van der Waals surface area contributed by atoms with Crippen LogP contribution in [0.5, 0.6) is 0 Å². The Morgan fingerprint density at radius 1 is 0.944 bits per heavy atom. The van der Waals surface area contributed by atoms with Gasteiger partial charge in [0.25, 0.3) is 0 Å². The molecule has 0 spiro atoms. The van der Waals surface area contributed by atoms with E-state index in [-0.39, 0.29) is 0 Å². The quantitative estimate of drug-likeness (QED) is 0.643. The molecule has 0 heterocycles. The van der Waals surface area contributed by atoms with E-state index in [0.717, 1.165) is 19.6 Å². The van der Waals surface area contributed by atoms with Crippen molar-refractivity contribution in [3.05, 3.63) is 35.9 Å². The molecule has 1 aromatic rings. The van der Waals surface area contributed by atoms with E-state index in [9.17, 15) is 0 Å². The second kappa shape index (κ2) is 10.1. The Hall–Kier alpha value is -0.860. The Morgan fingerprint density at radius 3 is 2.33 bits per heavy atom. The average molecular weight is 248 g/mol. The van der Waals surface area contributed by atoms with E-state index < -0.39 is 0 Å². The largest absolute Gasteiger partial charge is 0.329 e. The number of benzene rings is 1. The number of nitrogens with zero attached hydrogens (tertiary/aromatic N) is 1. The highest BCUT2D eigenvalue weighted by molar-refractivity contribution is 5.14. The Bertz CT molecular complexity index is 284. The molecule has 0 unspecified atom stereocenters. The van der Waals surface area contributed by atoms with Gasteiger partial charge in [-0.2, -0.15) is 0 Å². The summed E-state index contributed by atoms with van der Waals surface area (Å²) in [5.74, 6) is 0. The molecule has 0 radical (unpaired) electrons. The molecule has 0 saturated heterocycles. The van der Waals surface area contributed by atoms with Crippen molar-refractivity contribution in [2.75, 3.05) is 19.6 Å². The summed E-state index contributed by atoms with van der Waals surface area (Å²) in [6.45, 7) is 6.22. The van der Waals surface area contributed by atoms with Crippen LogP contribution in [0.4, 0.5) is 0 Å². The molecule has 1 rings (SSSR count). The van der Waals surface area contributed by atoms with Gasteiger partial charge in [-0.1, -0.05) is 62.9 Å². The Balaban J connectivity index is 2.26. The van der Waals surface area contributed by atoms with Gasteiger partial charge in [-0.25, -0.2) is 0 Å². The molecule has 18 heavy (non-hydrogen) atoms. The first kappa shape index (κ1) is 15.2. The molecule has 0 fully saturated rings. The van der Waals surface area contributed by atoms with Crippen LogP contribution < -0.4 is 5.73 Å². The predicted molar refractivity (Wildman–Crippen MR) is 79.5 cm³/mol. The maximum absolute atomic E-state index is 5.69. The van der Waals surface area contributed by atoms with Crippen LogP contribution in [0.1, 0.15) is 44.6 Å². The fraction of sp³-hybridized carbons (Fsp3) is 0.625. The topological polar surface area (TPSA) is 29.3 Å². The smallest absolute Gasteiger partial charge is 0.0234 e. The monoisotopic (exact) mass is 248 g/mol. The SMILES string of the molecule is CCCCCCCN(CCN)Cc1ccccc1. The highest BCUT2D eigenvalue weighted by Crippen LogP contribution is 2.07. The standard InChI is InChI=1S/C16H28N2/c1-2-3-4-5-9-13-18(14-12-17)15-16-10-7-6-8-11-16/h6-8,10-11H,2-5,9,12-15,17H2,1H3. The van der Waals surface area contributed by atoms with Gasteiger partial charge in [0.1, 0.15) is 0 Å². The fourth-order valence-corrected chi connectivity index (χ4v) is 2.23. The number of hydrogen-bond acceptors (Lipinski definition) is 2. The van der Waals surface area contributed by atoms with Crippen molar-refractivity contribution in [3.8, 4) is 0 Å².